The van der Waals surface area contributed by atoms with Crippen LogP contribution in [0.1, 0.15) is 58.1 Å². The van der Waals surface area contributed by atoms with Gasteiger partial charge in [0, 0.05) is 24.7 Å². The smallest absolute Gasteiger partial charge is 0.326 e. The summed E-state index contributed by atoms with van der Waals surface area (Å²) in [5, 5.41) is 25.8. The van der Waals surface area contributed by atoms with Gasteiger partial charge in [0.25, 0.3) is 0 Å². The lowest BCUT2D eigenvalue weighted by Crippen LogP contribution is -2.57. The SMILES string of the molecule is CC(C)CC(NC(=O)C(CCCCN)NC(=O)C(N)Cc1cnc[nH]1)C(=O)NC(CCC(=O)O)C(=O)O. The van der Waals surface area contributed by atoms with Crippen molar-refractivity contribution in [2.75, 3.05) is 6.54 Å². The number of rotatable bonds is 18. The van der Waals surface area contributed by atoms with E-state index >= 15 is 0 Å². The Labute approximate surface area is 215 Å². The van der Waals surface area contributed by atoms with E-state index in [1.54, 1.807) is 0 Å². The van der Waals surface area contributed by atoms with E-state index in [1.165, 1.54) is 12.5 Å². The minimum absolute atomic E-state index is 0.0496. The van der Waals surface area contributed by atoms with Crippen molar-refractivity contribution in [3.63, 3.8) is 0 Å². The van der Waals surface area contributed by atoms with Gasteiger partial charge in [-0.15, -0.1) is 0 Å². The molecule has 1 aromatic heterocycles. The quantitative estimate of drug-likeness (QED) is 0.107. The molecule has 208 valence electrons. The van der Waals surface area contributed by atoms with E-state index in [9.17, 15) is 29.1 Å². The van der Waals surface area contributed by atoms with Crippen molar-refractivity contribution in [2.24, 2.45) is 17.4 Å². The maximum absolute atomic E-state index is 13.2. The van der Waals surface area contributed by atoms with Crippen LogP contribution in [-0.2, 0) is 30.4 Å². The van der Waals surface area contributed by atoms with E-state index in [-0.39, 0.29) is 31.6 Å². The van der Waals surface area contributed by atoms with E-state index in [2.05, 4.69) is 25.9 Å². The molecule has 0 radical (unpaired) electrons. The van der Waals surface area contributed by atoms with Crippen molar-refractivity contribution >= 4 is 29.7 Å². The van der Waals surface area contributed by atoms with Crippen LogP contribution in [-0.4, -0.2) is 80.6 Å². The lowest BCUT2D eigenvalue weighted by atomic mass is 10.0. The first-order chi connectivity index (χ1) is 17.4. The number of aromatic nitrogens is 2. The molecule has 14 heteroatoms. The second-order valence-corrected chi connectivity index (χ2v) is 9.26. The molecule has 14 nitrogen and oxygen atoms in total. The van der Waals surface area contributed by atoms with Gasteiger partial charge in [0.15, 0.2) is 0 Å². The molecule has 0 aliphatic heterocycles. The summed E-state index contributed by atoms with van der Waals surface area (Å²) in [5.74, 6) is -4.59. The first kappa shape index (κ1) is 31.5. The zero-order chi connectivity index (χ0) is 28.0. The number of unbranched alkanes of at least 4 members (excludes halogenated alkanes) is 1. The van der Waals surface area contributed by atoms with Crippen LogP contribution in [0, 0.1) is 5.92 Å². The first-order valence-corrected chi connectivity index (χ1v) is 12.2. The van der Waals surface area contributed by atoms with E-state index in [4.69, 9.17) is 16.6 Å². The molecule has 37 heavy (non-hydrogen) atoms. The topological polar surface area (TPSA) is 243 Å². The molecule has 0 aromatic carbocycles. The molecule has 3 amide bonds. The van der Waals surface area contributed by atoms with Crippen LogP contribution < -0.4 is 27.4 Å². The summed E-state index contributed by atoms with van der Waals surface area (Å²) in [6.07, 6.45) is 3.98. The van der Waals surface area contributed by atoms with Crippen LogP contribution in [0.2, 0.25) is 0 Å². The highest BCUT2D eigenvalue weighted by molar-refractivity contribution is 5.94. The Kier molecular flexibility index (Phi) is 13.9. The zero-order valence-corrected chi connectivity index (χ0v) is 21.2. The maximum atomic E-state index is 13.2. The molecule has 0 bridgehead atoms. The Morgan fingerprint density at radius 2 is 1.57 bits per heavy atom. The van der Waals surface area contributed by atoms with Crippen molar-refractivity contribution < 1.29 is 34.2 Å². The molecule has 4 unspecified atom stereocenters. The average molecular weight is 526 g/mol. The van der Waals surface area contributed by atoms with Gasteiger partial charge in [-0.05, 0) is 44.6 Å². The number of aromatic amines is 1. The highest BCUT2D eigenvalue weighted by Crippen LogP contribution is 2.09. The monoisotopic (exact) mass is 525 g/mol. The van der Waals surface area contributed by atoms with Gasteiger partial charge in [-0.1, -0.05) is 13.8 Å². The third kappa shape index (κ3) is 12.3. The highest BCUT2D eigenvalue weighted by atomic mass is 16.4. The number of carbonyl (C=O) groups excluding carboxylic acids is 3. The lowest BCUT2D eigenvalue weighted by molar-refractivity contribution is -0.143. The van der Waals surface area contributed by atoms with Crippen molar-refractivity contribution in [3.8, 4) is 0 Å². The van der Waals surface area contributed by atoms with Gasteiger partial charge >= 0.3 is 11.9 Å². The summed E-state index contributed by atoms with van der Waals surface area (Å²) in [6.45, 7) is 4.04. The summed E-state index contributed by atoms with van der Waals surface area (Å²) >= 11 is 0. The molecule has 0 saturated heterocycles. The largest absolute Gasteiger partial charge is 0.481 e. The predicted octanol–water partition coefficient (Wildman–Crippen LogP) is -1.14. The van der Waals surface area contributed by atoms with Crippen LogP contribution in [0.4, 0.5) is 0 Å². The van der Waals surface area contributed by atoms with Crippen molar-refractivity contribution in [1.82, 2.24) is 25.9 Å². The number of hydrogen-bond acceptors (Lipinski definition) is 8. The number of nitrogens with one attached hydrogen (secondary N) is 4. The number of nitrogens with two attached hydrogens (primary N) is 2. The third-order valence-corrected chi connectivity index (χ3v) is 5.51. The summed E-state index contributed by atoms with van der Waals surface area (Å²) in [7, 11) is 0. The summed E-state index contributed by atoms with van der Waals surface area (Å²) in [4.78, 5) is 67.8. The zero-order valence-electron chi connectivity index (χ0n) is 21.2. The van der Waals surface area contributed by atoms with E-state index in [0.29, 0.717) is 25.1 Å². The number of carbonyl (C=O) groups is 5. The molecule has 1 heterocycles. The van der Waals surface area contributed by atoms with Crippen LogP contribution in [0.25, 0.3) is 0 Å². The third-order valence-electron chi connectivity index (χ3n) is 5.51. The molecule has 0 spiro atoms. The number of aliphatic carboxylic acids is 2. The molecule has 0 fully saturated rings. The minimum atomic E-state index is -1.43. The number of carboxylic acid groups (broad SMARTS) is 2. The fraction of sp³-hybridized carbons (Fsp3) is 0.652. The Morgan fingerprint density at radius 1 is 0.946 bits per heavy atom. The summed E-state index contributed by atoms with van der Waals surface area (Å²) in [5.41, 5.74) is 12.2. The molecular formula is C23H39N7O7. The van der Waals surface area contributed by atoms with Gasteiger partial charge in [-0.25, -0.2) is 9.78 Å². The number of nitrogens with zero attached hydrogens (tertiary/aromatic N) is 1. The summed E-state index contributed by atoms with van der Waals surface area (Å²) < 4.78 is 0. The second kappa shape index (κ2) is 16.3. The molecular weight excluding hydrogens is 486 g/mol. The fourth-order valence-electron chi connectivity index (χ4n) is 3.54. The molecule has 1 aromatic rings. The number of amides is 3. The number of carboxylic acids is 2. The predicted molar refractivity (Wildman–Crippen MR) is 133 cm³/mol. The van der Waals surface area contributed by atoms with Gasteiger partial charge in [-0.3, -0.25) is 19.2 Å². The molecule has 0 aliphatic carbocycles. The van der Waals surface area contributed by atoms with E-state index < -0.39 is 60.2 Å². The molecule has 1 rings (SSSR count). The molecule has 0 saturated carbocycles. The Balaban J connectivity index is 2.95. The van der Waals surface area contributed by atoms with E-state index in [1.807, 2.05) is 13.8 Å². The maximum Gasteiger partial charge on any atom is 0.326 e. The first-order valence-electron chi connectivity index (χ1n) is 12.2. The highest BCUT2D eigenvalue weighted by Gasteiger charge is 2.31. The fourth-order valence-corrected chi connectivity index (χ4v) is 3.54. The minimum Gasteiger partial charge on any atom is -0.481 e. The molecule has 0 aliphatic rings. The number of imidazole rings is 1. The van der Waals surface area contributed by atoms with Gasteiger partial charge < -0.3 is 42.6 Å². The normalized spacial score (nSPS) is 14.3. The number of hydrogen-bond donors (Lipinski definition) is 8. The Morgan fingerprint density at radius 3 is 2.11 bits per heavy atom. The Hall–Kier alpha value is -3.52. The standard InChI is InChI=1S/C23H39N7O7/c1-13(2)9-18(22(35)29-17(23(36)37)6-7-19(31)32)30-21(34)16(5-3-4-8-24)28-20(33)15(25)10-14-11-26-12-27-14/h11-13,15-18H,3-10,24-25H2,1-2H3,(H,26,27)(H,28,33)(H,29,35)(H,30,34)(H,31,32)(H,36,37). The van der Waals surface area contributed by atoms with Crippen molar-refractivity contribution in [2.45, 2.75) is 83.0 Å². The second-order valence-electron chi connectivity index (χ2n) is 9.26. The van der Waals surface area contributed by atoms with Crippen molar-refractivity contribution in [3.05, 3.63) is 18.2 Å². The van der Waals surface area contributed by atoms with Gasteiger partial charge in [-0.2, -0.15) is 0 Å². The molecule has 10 N–H and O–H groups in total. The van der Waals surface area contributed by atoms with E-state index in [0.717, 1.165) is 0 Å². The van der Waals surface area contributed by atoms with Crippen LogP contribution >= 0.6 is 0 Å². The average Bonchev–Trinajstić information content (AvgIpc) is 3.32. The summed E-state index contributed by atoms with van der Waals surface area (Å²) in [6, 6.07) is -4.50. The van der Waals surface area contributed by atoms with Gasteiger partial charge in [0.05, 0.1) is 12.4 Å². The van der Waals surface area contributed by atoms with Crippen LogP contribution in [0.5, 0.6) is 0 Å². The van der Waals surface area contributed by atoms with Crippen LogP contribution in [0.3, 0.4) is 0 Å². The number of H-pyrrole nitrogens is 1. The van der Waals surface area contributed by atoms with Crippen LogP contribution in [0.15, 0.2) is 12.5 Å². The molecule has 4 atom stereocenters. The van der Waals surface area contributed by atoms with Gasteiger partial charge in [0.1, 0.15) is 18.1 Å². The van der Waals surface area contributed by atoms with Gasteiger partial charge in [0.2, 0.25) is 17.7 Å². The Bertz CT molecular complexity index is 892. The van der Waals surface area contributed by atoms with Crippen molar-refractivity contribution in [1.29, 1.82) is 0 Å². The lowest BCUT2D eigenvalue weighted by Gasteiger charge is -2.26.